The Labute approximate surface area is 119 Å². The second-order valence-electron chi connectivity index (χ2n) is 4.97. The number of nitrogens with zero attached hydrogens (tertiary/aromatic N) is 3. The molecule has 0 aromatic carbocycles. The van der Waals surface area contributed by atoms with Crippen LogP contribution in [0.15, 0.2) is 18.7 Å². The molecule has 1 amide bonds. The molecule has 1 aromatic heterocycles. The molecule has 6 heteroatoms. The summed E-state index contributed by atoms with van der Waals surface area (Å²) in [5.41, 5.74) is 0. The summed E-state index contributed by atoms with van der Waals surface area (Å²) in [6.45, 7) is 2.57. The van der Waals surface area contributed by atoms with Gasteiger partial charge in [-0.25, -0.2) is 4.98 Å². The molecular formula is C14H23N3O3. The van der Waals surface area contributed by atoms with Gasteiger partial charge >= 0.3 is 5.97 Å². The molecule has 20 heavy (non-hydrogen) atoms. The van der Waals surface area contributed by atoms with Crippen LogP contribution in [0.4, 0.5) is 0 Å². The van der Waals surface area contributed by atoms with E-state index in [0.717, 1.165) is 12.8 Å². The number of carbonyl (C=O) groups excluding carboxylic acids is 1. The first-order valence-electron chi connectivity index (χ1n) is 6.97. The molecule has 112 valence electrons. The number of carboxylic acids is 1. The maximum absolute atomic E-state index is 12.1. The molecule has 0 aliphatic heterocycles. The van der Waals surface area contributed by atoms with Crippen molar-refractivity contribution in [2.75, 3.05) is 13.6 Å². The molecule has 0 radical (unpaired) electrons. The van der Waals surface area contributed by atoms with Gasteiger partial charge in [0.2, 0.25) is 5.91 Å². The molecule has 1 N–H and O–H groups in total. The molecule has 1 rings (SSSR count). The van der Waals surface area contributed by atoms with Gasteiger partial charge in [0.15, 0.2) is 0 Å². The second kappa shape index (κ2) is 8.35. The summed E-state index contributed by atoms with van der Waals surface area (Å²) in [7, 11) is 1.72. The average Bonchev–Trinajstić information content (AvgIpc) is 2.91. The zero-order valence-corrected chi connectivity index (χ0v) is 12.2. The Kier molecular flexibility index (Phi) is 6.76. The normalized spacial score (nSPS) is 12.1. The first-order valence-corrected chi connectivity index (χ1v) is 6.97. The summed E-state index contributed by atoms with van der Waals surface area (Å²) >= 11 is 0. The molecule has 0 spiro atoms. The Bertz CT molecular complexity index is 417. The lowest BCUT2D eigenvalue weighted by atomic mass is 10.1. The summed E-state index contributed by atoms with van der Waals surface area (Å²) in [5, 5.41) is 8.59. The molecular weight excluding hydrogens is 258 g/mol. The zero-order valence-electron chi connectivity index (χ0n) is 12.2. The van der Waals surface area contributed by atoms with Gasteiger partial charge in [-0.1, -0.05) is 13.3 Å². The van der Waals surface area contributed by atoms with Gasteiger partial charge in [-0.2, -0.15) is 0 Å². The SMILES string of the molecule is CCCC(CC(=O)N(C)CCCC(=O)O)n1ccnc1. The molecule has 0 aliphatic rings. The van der Waals surface area contributed by atoms with Gasteiger partial charge in [-0.15, -0.1) is 0 Å². The third-order valence-corrected chi connectivity index (χ3v) is 3.29. The third-order valence-electron chi connectivity index (χ3n) is 3.29. The number of imidazole rings is 1. The summed E-state index contributed by atoms with van der Waals surface area (Å²) in [6.07, 6.45) is 8.25. The van der Waals surface area contributed by atoms with Crippen molar-refractivity contribution in [3.8, 4) is 0 Å². The number of hydrogen-bond donors (Lipinski definition) is 1. The van der Waals surface area contributed by atoms with Crippen molar-refractivity contribution >= 4 is 11.9 Å². The second-order valence-corrected chi connectivity index (χ2v) is 4.97. The topological polar surface area (TPSA) is 75.4 Å². The largest absolute Gasteiger partial charge is 0.481 e. The Morgan fingerprint density at radius 2 is 2.20 bits per heavy atom. The van der Waals surface area contributed by atoms with E-state index in [4.69, 9.17) is 5.11 Å². The standard InChI is InChI=1S/C14H23N3O3/c1-3-5-12(17-9-7-15-11-17)10-13(18)16(2)8-4-6-14(19)20/h7,9,11-12H,3-6,8,10H2,1-2H3,(H,19,20). The van der Waals surface area contributed by atoms with E-state index in [0.29, 0.717) is 19.4 Å². The predicted molar refractivity (Wildman–Crippen MR) is 75.3 cm³/mol. The van der Waals surface area contributed by atoms with Crippen molar-refractivity contribution in [2.24, 2.45) is 0 Å². The average molecular weight is 281 g/mol. The minimum Gasteiger partial charge on any atom is -0.481 e. The van der Waals surface area contributed by atoms with Crippen LogP contribution >= 0.6 is 0 Å². The van der Waals surface area contributed by atoms with E-state index in [9.17, 15) is 9.59 Å². The van der Waals surface area contributed by atoms with Gasteiger partial charge < -0.3 is 14.6 Å². The number of carbonyl (C=O) groups is 2. The van der Waals surface area contributed by atoms with Crippen molar-refractivity contribution in [2.45, 2.75) is 45.1 Å². The summed E-state index contributed by atoms with van der Waals surface area (Å²) in [4.78, 5) is 28.2. The maximum atomic E-state index is 12.1. The summed E-state index contributed by atoms with van der Waals surface area (Å²) < 4.78 is 1.96. The first kappa shape index (κ1) is 16.2. The van der Waals surface area contributed by atoms with Crippen LogP contribution in [0.25, 0.3) is 0 Å². The Hall–Kier alpha value is -1.85. The number of hydrogen-bond acceptors (Lipinski definition) is 3. The van der Waals surface area contributed by atoms with Gasteiger partial charge in [0.05, 0.1) is 6.33 Å². The van der Waals surface area contributed by atoms with Crippen molar-refractivity contribution in [1.29, 1.82) is 0 Å². The van der Waals surface area contributed by atoms with Crippen LogP contribution in [-0.4, -0.2) is 45.0 Å². The van der Waals surface area contributed by atoms with Crippen molar-refractivity contribution < 1.29 is 14.7 Å². The molecule has 0 aliphatic carbocycles. The van der Waals surface area contributed by atoms with Crippen LogP contribution in [0.2, 0.25) is 0 Å². The smallest absolute Gasteiger partial charge is 0.303 e. The highest BCUT2D eigenvalue weighted by molar-refractivity contribution is 5.76. The van der Waals surface area contributed by atoms with Gasteiger partial charge in [-0.3, -0.25) is 9.59 Å². The molecule has 0 fully saturated rings. The number of aliphatic carboxylic acids is 1. The fraction of sp³-hybridized carbons (Fsp3) is 0.643. The predicted octanol–water partition coefficient (Wildman–Crippen LogP) is 1.94. The van der Waals surface area contributed by atoms with Crippen molar-refractivity contribution in [3.63, 3.8) is 0 Å². The van der Waals surface area contributed by atoms with E-state index >= 15 is 0 Å². The molecule has 0 saturated carbocycles. The molecule has 6 nitrogen and oxygen atoms in total. The lowest BCUT2D eigenvalue weighted by Gasteiger charge is -2.22. The Morgan fingerprint density at radius 1 is 1.45 bits per heavy atom. The molecule has 1 aromatic rings. The van der Waals surface area contributed by atoms with E-state index in [1.54, 1.807) is 24.5 Å². The Morgan fingerprint density at radius 3 is 2.75 bits per heavy atom. The molecule has 0 saturated heterocycles. The fourth-order valence-electron chi connectivity index (χ4n) is 2.12. The highest BCUT2D eigenvalue weighted by Gasteiger charge is 2.17. The third kappa shape index (κ3) is 5.42. The van der Waals surface area contributed by atoms with Crippen LogP contribution < -0.4 is 0 Å². The van der Waals surface area contributed by atoms with E-state index in [1.807, 2.05) is 10.8 Å². The lowest BCUT2D eigenvalue weighted by molar-refractivity contribution is -0.138. The van der Waals surface area contributed by atoms with Gasteiger partial charge in [-0.05, 0) is 12.8 Å². The number of amides is 1. The van der Waals surface area contributed by atoms with Crippen LogP contribution in [0.1, 0.15) is 45.1 Å². The first-order chi connectivity index (χ1) is 9.54. The molecule has 0 bridgehead atoms. The van der Waals surface area contributed by atoms with Crippen LogP contribution in [0.5, 0.6) is 0 Å². The zero-order chi connectivity index (χ0) is 15.0. The highest BCUT2D eigenvalue weighted by atomic mass is 16.4. The van der Waals surface area contributed by atoms with Crippen molar-refractivity contribution in [1.82, 2.24) is 14.5 Å². The van der Waals surface area contributed by atoms with Crippen molar-refractivity contribution in [3.05, 3.63) is 18.7 Å². The molecule has 1 unspecified atom stereocenters. The van der Waals surface area contributed by atoms with Gasteiger partial charge in [0.1, 0.15) is 0 Å². The van der Waals surface area contributed by atoms with Gasteiger partial charge in [0, 0.05) is 44.9 Å². The Balaban J connectivity index is 2.47. The van der Waals surface area contributed by atoms with E-state index < -0.39 is 5.97 Å². The van der Waals surface area contributed by atoms with Crippen LogP contribution in [0.3, 0.4) is 0 Å². The van der Waals surface area contributed by atoms with E-state index in [-0.39, 0.29) is 18.4 Å². The van der Waals surface area contributed by atoms with Gasteiger partial charge in [0.25, 0.3) is 0 Å². The molecule has 1 atom stereocenters. The van der Waals surface area contributed by atoms with E-state index in [1.165, 1.54) is 0 Å². The summed E-state index contributed by atoms with van der Waals surface area (Å²) in [5.74, 6) is -0.782. The number of rotatable bonds is 9. The highest BCUT2D eigenvalue weighted by Crippen LogP contribution is 2.18. The lowest BCUT2D eigenvalue weighted by Crippen LogP contribution is -2.30. The minimum absolute atomic E-state index is 0.0440. The summed E-state index contributed by atoms with van der Waals surface area (Å²) in [6, 6.07) is 0.122. The minimum atomic E-state index is -0.826. The fourth-order valence-corrected chi connectivity index (χ4v) is 2.12. The maximum Gasteiger partial charge on any atom is 0.303 e. The number of carboxylic acid groups (broad SMARTS) is 1. The number of aromatic nitrogens is 2. The molecule has 1 heterocycles. The van der Waals surface area contributed by atoms with E-state index in [2.05, 4.69) is 11.9 Å². The van der Waals surface area contributed by atoms with Crippen LogP contribution in [-0.2, 0) is 9.59 Å². The monoisotopic (exact) mass is 281 g/mol. The van der Waals surface area contributed by atoms with Crippen LogP contribution in [0, 0.1) is 0 Å². The quantitative estimate of drug-likeness (QED) is 0.750.